The van der Waals surface area contributed by atoms with E-state index in [2.05, 4.69) is 26.4 Å². The number of nitriles is 1. The number of rotatable bonds is 4. The molecule has 2 aromatic rings. The van der Waals surface area contributed by atoms with Gasteiger partial charge in [0.1, 0.15) is 23.9 Å². The average Bonchev–Trinajstić information content (AvgIpc) is 3.23. The summed E-state index contributed by atoms with van der Waals surface area (Å²) in [7, 11) is 3.70. The molecule has 1 aromatic heterocycles. The Morgan fingerprint density at radius 2 is 2.03 bits per heavy atom. The van der Waals surface area contributed by atoms with Crippen molar-refractivity contribution < 1.29 is 4.39 Å². The first-order valence-corrected chi connectivity index (χ1v) is 11.3. The summed E-state index contributed by atoms with van der Waals surface area (Å²) in [6, 6.07) is 6.61. The van der Waals surface area contributed by atoms with Gasteiger partial charge in [-0.15, -0.1) is 0 Å². The maximum absolute atomic E-state index is 14.6. The van der Waals surface area contributed by atoms with E-state index in [1.165, 1.54) is 12.1 Å². The molecule has 3 N–H and O–H groups in total. The van der Waals surface area contributed by atoms with Gasteiger partial charge in [0.15, 0.2) is 0 Å². The molecular formula is C24H26FN9. The van der Waals surface area contributed by atoms with Crippen LogP contribution in [-0.2, 0) is 0 Å². The van der Waals surface area contributed by atoms with Crippen LogP contribution in [0.3, 0.4) is 0 Å². The predicted octanol–water partition coefficient (Wildman–Crippen LogP) is 2.46. The number of dihydropyridines is 1. The van der Waals surface area contributed by atoms with E-state index in [1.54, 1.807) is 19.3 Å². The van der Waals surface area contributed by atoms with Gasteiger partial charge in [-0.1, -0.05) is 12.1 Å². The number of piperidine rings is 1. The summed E-state index contributed by atoms with van der Waals surface area (Å²) in [5.74, 6) is 0.618. The van der Waals surface area contributed by atoms with Crippen LogP contribution >= 0.6 is 0 Å². The van der Waals surface area contributed by atoms with Crippen molar-refractivity contribution in [1.29, 1.82) is 5.26 Å². The topological polar surface area (TPSA) is 119 Å². The number of halogens is 1. The third-order valence-corrected chi connectivity index (χ3v) is 6.49. The van der Waals surface area contributed by atoms with Gasteiger partial charge in [0, 0.05) is 56.8 Å². The number of allylic oxidation sites excluding steroid dienone is 1. The molecule has 0 radical (unpaired) electrons. The lowest BCUT2D eigenvalue weighted by molar-refractivity contribution is 0.271. The summed E-state index contributed by atoms with van der Waals surface area (Å²) in [5, 5.41) is 18.6. The highest BCUT2D eigenvalue weighted by atomic mass is 19.1. The number of nitrogens with one attached hydrogen (secondary N) is 1. The number of nitrogens with two attached hydrogens (primary N) is 1. The zero-order valence-electron chi connectivity index (χ0n) is 19.1. The number of fused-ring (bicyclic) bond motifs is 1. The minimum absolute atomic E-state index is 0.00933. The minimum atomic E-state index is -0.586. The fourth-order valence-electron chi connectivity index (χ4n) is 4.56. The van der Waals surface area contributed by atoms with Crippen LogP contribution in [0.25, 0.3) is 16.8 Å². The van der Waals surface area contributed by atoms with Crippen LogP contribution in [0.1, 0.15) is 24.0 Å². The van der Waals surface area contributed by atoms with Gasteiger partial charge in [0.2, 0.25) is 5.95 Å². The van der Waals surface area contributed by atoms with Gasteiger partial charge < -0.3 is 16.0 Å². The van der Waals surface area contributed by atoms with Gasteiger partial charge >= 0.3 is 0 Å². The lowest BCUT2D eigenvalue weighted by Gasteiger charge is -2.31. The van der Waals surface area contributed by atoms with Crippen molar-refractivity contribution in [2.24, 2.45) is 21.7 Å². The average molecular weight is 460 g/mol. The lowest BCUT2D eigenvalue weighted by atomic mass is 9.93. The van der Waals surface area contributed by atoms with Gasteiger partial charge in [-0.25, -0.2) is 9.37 Å². The van der Waals surface area contributed by atoms with Crippen molar-refractivity contribution in [3.8, 4) is 17.3 Å². The van der Waals surface area contributed by atoms with Crippen LogP contribution in [0.2, 0.25) is 0 Å². The number of benzene rings is 1. The van der Waals surface area contributed by atoms with E-state index in [0.717, 1.165) is 37.1 Å². The number of anilines is 2. The first kappa shape index (κ1) is 22.0. The SMILES string of the molecule is CNc1nc(N2CCC(N)CC2)nc(-c2ccc(C#N)c(F)c2)c1C1=CC2C=NN(C)C2N=C1. The van der Waals surface area contributed by atoms with Crippen molar-refractivity contribution in [2.45, 2.75) is 25.0 Å². The summed E-state index contributed by atoms with van der Waals surface area (Å²) in [5.41, 5.74) is 8.78. The molecule has 4 heterocycles. The van der Waals surface area contributed by atoms with Gasteiger partial charge in [-0.2, -0.15) is 15.3 Å². The molecule has 5 rings (SSSR count). The minimum Gasteiger partial charge on any atom is -0.372 e. The zero-order chi connectivity index (χ0) is 23.8. The zero-order valence-corrected chi connectivity index (χ0v) is 19.1. The van der Waals surface area contributed by atoms with Gasteiger partial charge in [0.25, 0.3) is 0 Å². The van der Waals surface area contributed by atoms with Crippen LogP contribution in [0.4, 0.5) is 16.2 Å². The number of hydrogen-bond acceptors (Lipinski definition) is 9. The van der Waals surface area contributed by atoms with E-state index >= 15 is 0 Å². The molecule has 0 saturated carbocycles. The third kappa shape index (κ3) is 3.88. The summed E-state index contributed by atoms with van der Waals surface area (Å²) in [6.45, 7) is 1.50. The molecule has 1 aromatic carbocycles. The molecule has 174 valence electrons. The summed E-state index contributed by atoms with van der Waals surface area (Å²) in [4.78, 5) is 16.5. The van der Waals surface area contributed by atoms with Crippen molar-refractivity contribution in [1.82, 2.24) is 15.0 Å². The number of hydrogen-bond donors (Lipinski definition) is 2. The Morgan fingerprint density at radius 3 is 2.74 bits per heavy atom. The number of nitrogens with zero attached hydrogens (tertiary/aromatic N) is 7. The molecule has 2 atom stereocenters. The van der Waals surface area contributed by atoms with Gasteiger partial charge in [-0.3, -0.25) is 10.0 Å². The highest BCUT2D eigenvalue weighted by Crippen LogP contribution is 2.37. The maximum Gasteiger partial charge on any atom is 0.227 e. The molecule has 0 amide bonds. The van der Waals surface area contributed by atoms with Crippen LogP contribution in [-0.4, -0.2) is 66.8 Å². The number of hydrazone groups is 1. The Hall–Kier alpha value is -3.84. The van der Waals surface area contributed by atoms with Crippen molar-refractivity contribution in [3.05, 3.63) is 41.2 Å². The van der Waals surface area contributed by atoms with E-state index in [9.17, 15) is 9.65 Å². The van der Waals surface area contributed by atoms with Crippen molar-refractivity contribution >= 4 is 29.8 Å². The van der Waals surface area contributed by atoms with E-state index in [1.807, 2.05) is 24.3 Å². The number of aromatic nitrogens is 2. The van der Waals surface area contributed by atoms with Crippen LogP contribution in [0, 0.1) is 23.1 Å². The van der Waals surface area contributed by atoms with E-state index < -0.39 is 5.82 Å². The number of aliphatic imine (C=N–C) groups is 1. The summed E-state index contributed by atoms with van der Waals surface area (Å²) >= 11 is 0. The Bertz CT molecular complexity index is 1240. The summed E-state index contributed by atoms with van der Waals surface area (Å²) in [6.07, 6.45) is 7.40. The fourth-order valence-corrected chi connectivity index (χ4v) is 4.56. The molecule has 1 fully saturated rings. The standard InChI is InChI=1S/C24H26FN9/c1-28-22-20(16-9-17-13-30-33(2)23(17)29-12-16)21(14-3-4-15(11-26)19(25)10-14)31-24(32-22)34-7-5-18(27)6-8-34/h3-4,9-10,12-13,17-18,23H,5-8,27H2,1-2H3,(H,28,31,32). The molecule has 2 unspecified atom stereocenters. The summed E-state index contributed by atoms with van der Waals surface area (Å²) < 4.78 is 14.6. The molecule has 0 aliphatic carbocycles. The van der Waals surface area contributed by atoms with Crippen molar-refractivity contribution in [3.63, 3.8) is 0 Å². The lowest BCUT2D eigenvalue weighted by Crippen LogP contribution is -2.40. The quantitative estimate of drug-likeness (QED) is 0.721. The Morgan fingerprint density at radius 1 is 1.24 bits per heavy atom. The second-order valence-electron chi connectivity index (χ2n) is 8.71. The molecule has 1 saturated heterocycles. The molecular weight excluding hydrogens is 433 g/mol. The molecule has 0 spiro atoms. The molecule has 3 aliphatic rings. The maximum atomic E-state index is 14.6. The van der Waals surface area contributed by atoms with Crippen LogP contribution < -0.4 is 16.0 Å². The largest absolute Gasteiger partial charge is 0.372 e. The van der Waals surface area contributed by atoms with Gasteiger partial charge in [0.05, 0.1) is 22.7 Å². The highest BCUT2D eigenvalue weighted by Gasteiger charge is 2.31. The second-order valence-corrected chi connectivity index (χ2v) is 8.71. The normalized spacial score (nSPS) is 21.9. The molecule has 34 heavy (non-hydrogen) atoms. The molecule has 9 nitrogen and oxygen atoms in total. The first-order valence-electron chi connectivity index (χ1n) is 11.3. The van der Waals surface area contributed by atoms with Gasteiger partial charge in [-0.05, 0) is 25.0 Å². The predicted molar refractivity (Wildman–Crippen MR) is 131 cm³/mol. The van der Waals surface area contributed by atoms with E-state index in [-0.39, 0.29) is 23.7 Å². The smallest absolute Gasteiger partial charge is 0.227 e. The second kappa shape index (κ2) is 8.83. The Labute approximate surface area is 197 Å². The van der Waals surface area contributed by atoms with Crippen LogP contribution in [0.5, 0.6) is 0 Å². The monoisotopic (exact) mass is 459 g/mol. The van der Waals surface area contributed by atoms with E-state index in [4.69, 9.17) is 15.7 Å². The molecule has 10 heteroatoms. The van der Waals surface area contributed by atoms with E-state index in [0.29, 0.717) is 23.0 Å². The van der Waals surface area contributed by atoms with Crippen LogP contribution in [0.15, 0.2) is 34.4 Å². The Balaban J connectivity index is 1.66. The molecule has 3 aliphatic heterocycles. The third-order valence-electron chi connectivity index (χ3n) is 6.49. The fraction of sp³-hybridized carbons (Fsp3) is 0.375. The van der Waals surface area contributed by atoms with Crippen molar-refractivity contribution in [2.75, 3.05) is 37.4 Å². The molecule has 0 bridgehead atoms. The first-order chi connectivity index (χ1) is 16.5. The highest BCUT2D eigenvalue weighted by molar-refractivity contribution is 6.15. The Kier molecular flexibility index (Phi) is 5.71.